The Morgan fingerprint density at radius 2 is 2.19 bits per heavy atom. The molecule has 4 nitrogen and oxygen atoms in total. The molecule has 0 saturated carbocycles. The van der Waals surface area contributed by atoms with E-state index in [4.69, 9.17) is 4.74 Å². The summed E-state index contributed by atoms with van der Waals surface area (Å²) < 4.78 is 5.32. The lowest BCUT2D eigenvalue weighted by Crippen LogP contribution is -2.26. The van der Waals surface area contributed by atoms with Crippen molar-refractivity contribution in [2.24, 2.45) is 0 Å². The van der Waals surface area contributed by atoms with Gasteiger partial charge in [-0.15, -0.1) is 11.3 Å². The van der Waals surface area contributed by atoms with E-state index in [1.165, 1.54) is 5.56 Å². The molecule has 114 valence electrons. The summed E-state index contributed by atoms with van der Waals surface area (Å²) in [6.45, 7) is 2.94. The highest BCUT2D eigenvalue weighted by Crippen LogP contribution is 2.24. The van der Waals surface area contributed by atoms with Crippen molar-refractivity contribution in [3.05, 3.63) is 40.9 Å². The molecule has 0 radical (unpaired) electrons. The predicted octanol–water partition coefficient (Wildman–Crippen LogP) is 3.43. The molecule has 0 bridgehead atoms. The molecule has 0 amide bonds. The van der Waals surface area contributed by atoms with Crippen LogP contribution in [-0.2, 0) is 6.42 Å². The number of aromatic nitrogens is 1. The number of hydrogen-bond donors (Lipinski definition) is 1. The summed E-state index contributed by atoms with van der Waals surface area (Å²) in [4.78, 5) is 6.76. The van der Waals surface area contributed by atoms with Crippen LogP contribution in [0.5, 0.6) is 5.75 Å². The smallest absolute Gasteiger partial charge is 0.182 e. The van der Waals surface area contributed by atoms with E-state index < -0.39 is 0 Å². The van der Waals surface area contributed by atoms with E-state index in [0.29, 0.717) is 0 Å². The van der Waals surface area contributed by atoms with Crippen molar-refractivity contribution in [2.75, 3.05) is 33.1 Å². The van der Waals surface area contributed by atoms with Crippen molar-refractivity contribution in [3.8, 4) is 5.75 Å². The first kappa shape index (κ1) is 15.8. The number of nitrogens with zero attached hydrogens (tertiary/aromatic N) is 2. The van der Waals surface area contributed by atoms with Gasteiger partial charge in [-0.1, -0.05) is 19.1 Å². The molecule has 1 N–H and O–H groups in total. The molecule has 2 rings (SSSR count). The van der Waals surface area contributed by atoms with E-state index in [1.807, 2.05) is 12.1 Å². The third-order valence-corrected chi connectivity index (χ3v) is 4.31. The summed E-state index contributed by atoms with van der Waals surface area (Å²) in [6.07, 6.45) is 0.977. The number of ether oxygens (including phenoxy) is 1. The number of nitrogens with one attached hydrogen (secondary N) is 1. The van der Waals surface area contributed by atoms with Crippen molar-refractivity contribution in [2.45, 2.75) is 19.4 Å². The molecule has 5 heteroatoms. The van der Waals surface area contributed by atoms with E-state index in [1.54, 1.807) is 18.4 Å². The number of thiazole rings is 1. The zero-order valence-electron chi connectivity index (χ0n) is 13.1. The van der Waals surface area contributed by atoms with Gasteiger partial charge in [-0.3, -0.25) is 0 Å². The molecular formula is C16H23N3OS. The van der Waals surface area contributed by atoms with Gasteiger partial charge in [-0.25, -0.2) is 4.98 Å². The molecule has 0 aliphatic carbocycles. The minimum atomic E-state index is 0.272. The van der Waals surface area contributed by atoms with Gasteiger partial charge in [0.2, 0.25) is 0 Å². The van der Waals surface area contributed by atoms with Crippen molar-refractivity contribution in [1.29, 1.82) is 0 Å². The van der Waals surface area contributed by atoms with Crippen molar-refractivity contribution in [3.63, 3.8) is 0 Å². The van der Waals surface area contributed by atoms with Crippen LogP contribution in [0.1, 0.15) is 24.2 Å². The highest BCUT2D eigenvalue weighted by atomic mass is 32.1. The quantitative estimate of drug-likeness (QED) is 0.850. The molecule has 1 unspecified atom stereocenters. The van der Waals surface area contributed by atoms with Gasteiger partial charge in [-0.05, 0) is 38.2 Å². The highest BCUT2D eigenvalue weighted by molar-refractivity contribution is 7.13. The summed E-state index contributed by atoms with van der Waals surface area (Å²) in [5.74, 6) is 0.891. The molecule has 1 aromatic carbocycles. The van der Waals surface area contributed by atoms with Crippen LogP contribution in [0.15, 0.2) is 29.6 Å². The van der Waals surface area contributed by atoms with Gasteiger partial charge in [-0.2, -0.15) is 0 Å². The van der Waals surface area contributed by atoms with E-state index in [2.05, 4.69) is 53.7 Å². The first-order valence-electron chi connectivity index (χ1n) is 7.12. The molecular weight excluding hydrogens is 282 g/mol. The van der Waals surface area contributed by atoms with Crippen molar-refractivity contribution >= 4 is 16.5 Å². The molecule has 21 heavy (non-hydrogen) atoms. The molecule has 0 spiro atoms. The van der Waals surface area contributed by atoms with Gasteiger partial charge in [0.05, 0.1) is 18.8 Å². The molecule has 0 aliphatic rings. The Hall–Kier alpha value is -1.59. The molecule has 0 saturated heterocycles. The molecule has 0 aliphatic heterocycles. The van der Waals surface area contributed by atoms with Gasteiger partial charge in [0.1, 0.15) is 5.75 Å². The summed E-state index contributed by atoms with van der Waals surface area (Å²) in [5, 5.41) is 6.54. The number of rotatable bonds is 7. The first-order chi connectivity index (χ1) is 10.1. The summed E-state index contributed by atoms with van der Waals surface area (Å²) in [5.41, 5.74) is 2.38. The Morgan fingerprint density at radius 3 is 2.81 bits per heavy atom. The van der Waals surface area contributed by atoms with Crippen LogP contribution in [0.3, 0.4) is 0 Å². The largest absolute Gasteiger partial charge is 0.497 e. The number of methoxy groups -OCH3 is 1. The standard InChI is InChI=1S/C16H23N3OS/c1-5-13-11-21-16(18-13)17-10-15(19(2)3)12-7-6-8-14(9-12)20-4/h6-9,11,15H,5,10H2,1-4H3,(H,17,18). The number of aryl methyl sites for hydroxylation is 1. The second-order valence-corrected chi connectivity index (χ2v) is 5.99. The topological polar surface area (TPSA) is 37.4 Å². The maximum Gasteiger partial charge on any atom is 0.182 e. The highest BCUT2D eigenvalue weighted by Gasteiger charge is 2.15. The zero-order valence-corrected chi connectivity index (χ0v) is 13.9. The maximum atomic E-state index is 5.32. The molecule has 2 aromatic rings. The summed E-state index contributed by atoms with van der Waals surface area (Å²) in [7, 11) is 5.88. The second kappa shape index (κ2) is 7.43. The molecule has 1 heterocycles. The predicted molar refractivity (Wildman–Crippen MR) is 89.4 cm³/mol. The van der Waals surface area contributed by atoms with Crippen LogP contribution in [0, 0.1) is 0 Å². The van der Waals surface area contributed by atoms with Gasteiger partial charge < -0.3 is 15.0 Å². The lowest BCUT2D eigenvalue weighted by Gasteiger charge is -2.25. The zero-order chi connectivity index (χ0) is 15.2. The fourth-order valence-corrected chi connectivity index (χ4v) is 2.99. The third kappa shape index (κ3) is 4.19. The number of likely N-dealkylation sites (N-methyl/N-ethyl adjacent to an activating group) is 1. The van der Waals surface area contributed by atoms with Crippen molar-refractivity contribution < 1.29 is 4.74 Å². The van der Waals surface area contributed by atoms with E-state index >= 15 is 0 Å². The lowest BCUT2D eigenvalue weighted by molar-refractivity contribution is 0.310. The van der Waals surface area contributed by atoms with E-state index in [0.717, 1.165) is 29.5 Å². The van der Waals surface area contributed by atoms with Crippen molar-refractivity contribution in [1.82, 2.24) is 9.88 Å². The second-order valence-electron chi connectivity index (χ2n) is 5.13. The number of anilines is 1. The van der Waals surface area contributed by atoms with Crippen LogP contribution in [0.4, 0.5) is 5.13 Å². The average molecular weight is 305 g/mol. The Kier molecular flexibility index (Phi) is 5.59. The Bertz CT molecular complexity index is 568. The van der Waals surface area contributed by atoms with Gasteiger partial charge in [0.25, 0.3) is 0 Å². The molecule has 1 aromatic heterocycles. The van der Waals surface area contributed by atoms with Gasteiger partial charge >= 0.3 is 0 Å². The maximum absolute atomic E-state index is 5.32. The van der Waals surface area contributed by atoms with Gasteiger partial charge in [0, 0.05) is 11.9 Å². The minimum Gasteiger partial charge on any atom is -0.497 e. The third-order valence-electron chi connectivity index (χ3n) is 3.46. The fraction of sp³-hybridized carbons (Fsp3) is 0.438. The Labute approximate surface area is 130 Å². The SMILES string of the molecule is CCc1csc(NCC(c2cccc(OC)c2)N(C)C)n1. The van der Waals surface area contributed by atoms with E-state index in [-0.39, 0.29) is 6.04 Å². The van der Waals surface area contributed by atoms with Crippen LogP contribution >= 0.6 is 11.3 Å². The summed E-state index contributed by atoms with van der Waals surface area (Å²) >= 11 is 1.67. The van der Waals surface area contributed by atoms with E-state index in [9.17, 15) is 0 Å². The molecule has 1 atom stereocenters. The van der Waals surface area contributed by atoms with Crippen LogP contribution < -0.4 is 10.1 Å². The molecule has 0 fully saturated rings. The average Bonchev–Trinajstić information content (AvgIpc) is 2.95. The minimum absolute atomic E-state index is 0.272. The van der Waals surface area contributed by atoms with Crippen LogP contribution in [0.25, 0.3) is 0 Å². The number of hydrogen-bond acceptors (Lipinski definition) is 5. The fourth-order valence-electron chi connectivity index (χ4n) is 2.18. The monoisotopic (exact) mass is 305 g/mol. The Morgan fingerprint density at radius 1 is 1.38 bits per heavy atom. The number of benzene rings is 1. The normalized spacial score (nSPS) is 12.4. The lowest BCUT2D eigenvalue weighted by atomic mass is 10.1. The van der Waals surface area contributed by atoms with Crippen LogP contribution in [0.2, 0.25) is 0 Å². The first-order valence-corrected chi connectivity index (χ1v) is 8.00. The Balaban J connectivity index is 2.08. The van der Waals surface area contributed by atoms with Gasteiger partial charge in [0.15, 0.2) is 5.13 Å². The summed E-state index contributed by atoms with van der Waals surface area (Å²) in [6, 6.07) is 8.50. The van der Waals surface area contributed by atoms with Crippen LogP contribution in [-0.4, -0.2) is 37.6 Å².